The van der Waals surface area contributed by atoms with Crippen LogP contribution >= 0.6 is 0 Å². The van der Waals surface area contributed by atoms with E-state index in [9.17, 15) is 14.7 Å². The number of likely N-dealkylation sites (N-methyl/N-ethyl adjacent to an activating group) is 1. The summed E-state index contributed by atoms with van der Waals surface area (Å²) in [4.78, 5) is 26.6. The Morgan fingerprint density at radius 2 is 2.00 bits per heavy atom. The first-order valence-electron chi connectivity index (χ1n) is 8.14. The van der Waals surface area contributed by atoms with Crippen LogP contribution in [0.5, 0.6) is 0 Å². The van der Waals surface area contributed by atoms with Crippen molar-refractivity contribution in [3.8, 4) is 0 Å². The highest BCUT2D eigenvalue weighted by Gasteiger charge is 2.43. The Bertz CT molecular complexity index is 396. The number of carbonyl (C=O) groups is 2. The maximum absolute atomic E-state index is 12.6. The lowest BCUT2D eigenvalue weighted by molar-refractivity contribution is -0.136. The second-order valence-electron chi connectivity index (χ2n) is 7.01. The fourth-order valence-corrected chi connectivity index (χ4v) is 3.19. The van der Waals surface area contributed by atoms with Gasteiger partial charge in [0.25, 0.3) is 0 Å². The van der Waals surface area contributed by atoms with Crippen molar-refractivity contribution in [3.63, 3.8) is 0 Å². The van der Waals surface area contributed by atoms with Gasteiger partial charge in [-0.3, -0.25) is 14.5 Å². The first kappa shape index (κ1) is 18.9. The molecule has 0 aromatic heterocycles. The molecule has 6 heteroatoms. The van der Waals surface area contributed by atoms with Crippen molar-refractivity contribution in [3.05, 3.63) is 0 Å². The lowest BCUT2D eigenvalue weighted by Gasteiger charge is -2.37. The van der Waals surface area contributed by atoms with Crippen LogP contribution in [-0.4, -0.2) is 59.6 Å². The van der Waals surface area contributed by atoms with E-state index in [-0.39, 0.29) is 30.5 Å². The molecule has 0 spiro atoms. The molecule has 1 saturated heterocycles. The van der Waals surface area contributed by atoms with Gasteiger partial charge in [0.2, 0.25) is 11.8 Å². The molecule has 3 N–H and O–H groups in total. The summed E-state index contributed by atoms with van der Waals surface area (Å²) in [5.41, 5.74) is -0.722. The van der Waals surface area contributed by atoms with Crippen LogP contribution in [0, 0.1) is 5.92 Å². The Labute approximate surface area is 133 Å². The summed E-state index contributed by atoms with van der Waals surface area (Å²) < 4.78 is 0. The topological polar surface area (TPSA) is 81.7 Å². The average molecular weight is 313 g/mol. The smallest absolute Gasteiger partial charge is 0.239 e. The van der Waals surface area contributed by atoms with E-state index < -0.39 is 5.54 Å². The zero-order valence-electron chi connectivity index (χ0n) is 14.5. The van der Waals surface area contributed by atoms with E-state index in [4.69, 9.17) is 0 Å². The number of rotatable bonds is 7. The third kappa shape index (κ3) is 4.43. The van der Waals surface area contributed by atoms with E-state index >= 15 is 0 Å². The van der Waals surface area contributed by atoms with Gasteiger partial charge in [0.1, 0.15) is 0 Å². The summed E-state index contributed by atoms with van der Waals surface area (Å²) in [5.74, 6) is 0.224. The SMILES string of the molecule is CNC(=O)C(C)(C)N1CCC[C@H]1C(=O)N[C@@H](CO)CC(C)C. The van der Waals surface area contributed by atoms with Crippen LogP contribution in [-0.2, 0) is 9.59 Å². The summed E-state index contributed by atoms with van der Waals surface area (Å²) in [6, 6.07) is -0.536. The highest BCUT2D eigenvalue weighted by Crippen LogP contribution is 2.27. The van der Waals surface area contributed by atoms with Gasteiger partial charge in [-0.25, -0.2) is 0 Å². The van der Waals surface area contributed by atoms with Crippen LogP contribution in [0.4, 0.5) is 0 Å². The van der Waals surface area contributed by atoms with Crippen LogP contribution < -0.4 is 10.6 Å². The van der Waals surface area contributed by atoms with E-state index in [1.165, 1.54) is 0 Å². The monoisotopic (exact) mass is 313 g/mol. The first-order chi connectivity index (χ1) is 10.2. The molecule has 0 aliphatic carbocycles. The van der Waals surface area contributed by atoms with Crippen LogP contribution in [0.3, 0.4) is 0 Å². The number of aliphatic hydroxyl groups excluding tert-OH is 1. The minimum atomic E-state index is -0.722. The Morgan fingerprint density at radius 3 is 2.50 bits per heavy atom. The molecule has 0 aromatic carbocycles. The second kappa shape index (κ2) is 7.92. The van der Waals surface area contributed by atoms with E-state index in [0.717, 1.165) is 25.8 Å². The van der Waals surface area contributed by atoms with E-state index in [1.807, 2.05) is 18.7 Å². The summed E-state index contributed by atoms with van der Waals surface area (Å²) in [6.45, 7) is 8.48. The zero-order chi connectivity index (χ0) is 16.9. The predicted octanol–water partition coefficient (Wildman–Crippen LogP) is 0.499. The van der Waals surface area contributed by atoms with Crippen LogP contribution in [0.1, 0.15) is 47.0 Å². The van der Waals surface area contributed by atoms with Gasteiger partial charge in [-0.1, -0.05) is 13.8 Å². The third-order valence-corrected chi connectivity index (χ3v) is 4.38. The molecule has 1 rings (SSSR count). The molecule has 0 radical (unpaired) electrons. The van der Waals surface area contributed by atoms with Gasteiger partial charge < -0.3 is 15.7 Å². The van der Waals surface area contributed by atoms with Crippen molar-refractivity contribution < 1.29 is 14.7 Å². The minimum absolute atomic E-state index is 0.0600. The fourth-order valence-electron chi connectivity index (χ4n) is 3.19. The highest BCUT2D eigenvalue weighted by molar-refractivity contribution is 5.88. The molecule has 1 heterocycles. The van der Waals surface area contributed by atoms with Crippen molar-refractivity contribution in [2.45, 2.75) is 64.6 Å². The molecule has 128 valence electrons. The number of amides is 2. The molecule has 2 atom stereocenters. The van der Waals surface area contributed by atoms with Gasteiger partial charge in [0.05, 0.1) is 24.2 Å². The Morgan fingerprint density at radius 1 is 1.36 bits per heavy atom. The van der Waals surface area contributed by atoms with E-state index in [2.05, 4.69) is 24.5 Å². The molecule has 22 heavy (non-hydrogen) atoms. The lowest BCUT2D eigenvalue weighted by atomic mass is 9.99. The van der Waals surface area contributed by atoms with Crippen LogP contribution in [0.15, 0.2) is 0 Å². The fraction of sp³-hybridized carbons (Fsp3) is 0.875. The molecular formula is C16H31N3O3. The predicted molar refractivity (Wildman–Crippen MR) is 86.3 cm³/mol. The summed E-state index contributed by atoms with van der Waals surface area (Å²) >= 11 is 0. The largest absolute Gasteiger partial charge is 0.394 e. The zero-order valence-corrected chi connectivity index (χ0v) is 14.5. The lowest BCUT2D eigenvalue weighted by Crippen LogP contribution is -2.59. The van der Waals surface area contributed by atoms with Gasteiger partial charge in [-0.2, -0.15) is 0 Å². The molecule has 2 amide bonds. The summed E-state index contributed by atoms with van der Waals surface area (Å²) in [6.07, 6.45) is 2.38. The molecule has 1 fully saturated rings. The molecule has 0 aromatic rings. The molecular weight excluding hydrogens is 282 g/mol. The van der Waals surface area contributed by atoms with Crippen molar-refractivity contribution in [1.82, 2.24) is 15.5 Å². The van der Waals surface area contributed by atoms with Gasteiger partial charge >= 0.3 is 0 Å². The van der Waals surface area contributed by atoms with Crippen molar-refractivity contribution in [2.24, 2.45) is 5.92 Å². The maximum atomic E-state index is 12.6. The number of carbonyl (C=O) groups excluding carboxylic acids is 2. The van der Waals surface area contributed by atoms with E-state index in [1.54, 1.807) is 7.05 Å². The first-order valence-corrected chi connectivity index (χ1v) is 8.14. The summed E-state index contributed by atoms with van der Waals surface area (Å²) in [5, 5.41) is 15.0. The molecule has 0 bridgehead atoms. The van der Waals surface area contributed by atoms with Crippen molar-refractivity contribution in [1.29, 1.82) is 0 Å². The molecule has 1 aliphatic heterocycles. The van der Waals surface area contributed by atoms with Crippen LogP contribution in [0.2, 0.25) is 0 Å². The third-order valence-electron chi connectivity index (χ3n) is 4.38. The Kier molecular flexibility index (Phi) is 6.81. The average Bonchev–Trinajstić information content (AvgIpc) is 2.95. The maximum Gasteiger partial charge on any atom is 0.239 e. The molecule has 0 saturated carbocycles. The van der Waals surface area contributed by atoms with Gasteiger partial charge in [-0.15, -0.1) is 0 Å². The Balaban J connectivity index is 2.77. The standard InChI is InChI=1S/C16H31N3O3/c1-11(2)9-12(10-20)18-14(21)13-7-6-8-19(13)16(3,4)15(22)17-5/h11-13,20H,6-10H2,1-5H3,(H,17,22)(H,18,21)/t12-,13+/m1/s1. The molecule has 1 aliphatic rings. The number of likely N-dealkylation sites (tertiary alicyclic amines) is 1. The second-order valence-corrected chi connectivity index (χ2v) is 7.01. The normalized spacial score (nSPS) is 21.0. The van der Waals surface area contributed by atoms with E-state index in [0.29, 0.717) is 5.92 Å². The number of hydrogen-bond donors (Lipinski definition) is 3. The van der Waals surface area contributed by atoms with Gasteiger partial charge in [0, 0.05) is 13.6 Å². The summed E-state index contributed by atoms with van der Waals surface area (Å²) in [7, 11) is 1.61. The number of aliphatic hydroxyl groups is 1. The van der Waals surface area contributed by atoms with Crippen molar-refractivity contribution in [2.75, 3.05) is 20.2 Å². The number of hydrogen-bond acceptors (Lipinski definition) is 4. The molecule has 6 nitrogen and oxygen atoms in total. The molecule has 0 unspecified atom stereocenters. The number of nitrogens with one attached hydrogen (secondary N) is 2. The number of nitrogens with zero attached hydrogens (tertiary/aromatic N) is 1. The quantitative estimate of drug-likeness (QED) is 0.639. The minimum Gasteiger partial charge on any atom is -0.394 e. The Hall–Kier alpha value is -1.14. The van der Waals surface area contributed by atoms with Gasteiger partial charge in [0.15, 0.2) is 0 Å². The highest BCUT2D eigenvalue weighted by atomic mass is 16.3. The van der Waals surface area contributed by atoms with Crippen LogP contribution in [0.25, 0.3) is 0 Å². The van der Waals surface area contributed by atoms with Crippen molar-refractivity contribution >= 4 is 11.8 Å². The van der Waals surface area contributed by atoms with Gasteiger partial charge in [-0.05, 0) is 39.0 Å².